The van der Waals surface area contributed by atoms with Crippen molar-refractivity contribution in [2.45, 2.75) is 26.7 Å². The van der Waals surface area contributed by atoms with Crippen LogP contribution in [0.15, 0.2) is 60.9 Å². The summed E-state index contributed by atoms with van der Waals surface area (Å²) in [6.07, 6.45) is 4.92. The third-order valence-corrected chi connectivity index (χ3v) is 4.18. The predicted molar refractivity (Wildman–Crippen MR) is 105 cm³/mol. The molecule has 5 heteroatoms. The van der Waals surface area contributed by atoms with Gasteiger partial charge in [-0.05, 0) is 36.1 Å². The predicted octanol–water partition coefficient (Wildman–Crippen LogP) is 4.60. The molecule has 1 aromatic heterocycles. The molecule has 0 aliphatic rings. The first-order valence-corrected chi connectivity index (χ1v) is 8.77. The molecule has 3 aromatic rings. The summed E-state index contributed by atoms with van der Waals surface area (Å²) in [7, 11) is 0. The first-order chi connectivity index (χ1) is 12.7. The van der Waals surface area contributed by atoms with Gasteiger partial charge in [-0.3, -0.25) is 4.79 Å². The molecule has 1 heterocycles. The quantitative estimate of drug-likeness (QED) is 0.685. The van der Waals surface area contributed by atoms with E-state index in [9.17, 15) is 4.79 Å². The number of carbonyl (C=O) groups is 1. The van der Waals surface area contributed by atoms with Crippen molar-refractivity contribution in [2.75, 3.05) is 10.6 Å². The molecule has 0 spiro atoms. The lowest BCUT2D eigenvalue weighted by Crippen LogP contribution is -2.13. The zero-order chi connectivity index (χ0) is 18.4. The molecular weight excluding hydrogens is 324 g/mol. The maximum absolute atomic E-state index is 12.3. The average Bonchev–Trinajstić information content (AvgIpc) is 2.69. The highest BCUT2D eigenvalue weighted by Gasteiger charge is 2.10. The van der Waals surface area contributed by atoms with Crippen LogP contribution in [-0.4, -0.2) is 15.9 Å². The van der Waals surface area contributed by atoms with Gasteiger partial charge < -0.3 is 10.6 Å². The van der Waals surface area contributed by atoms with Gasteiger partial charge in [0, 0.05) is 23.8 Å². The molecule has 0 fully saturated rings. The van der Waals surface area contributed by atoms with E-state index in [2.05, 4.69) is 52.6 Å². The Kier molecular flexibility index (Phi) is 5.59. The molecule has 132 valence electrons. The average molecular weight is 346 g/mol. The van der Waals surface area contributed by atoms with Gasteiger partial charge in [0.25, 0.3) is 5.91 Å². The molecular formula is C21H22N4O. The summed E-state index contributed by atoms with van der Waals surface area (Å²) in [5.74, 6) is 0.253. The maximum Gasteiger partial charge on any atom is 0.258 e. The van der Waals surface area contributed by atoms with Gasteiger partial charge >= 0.3 is 0 Å². The molecule has 0 aliphatic heterocycles. The Hall–Kier alpha value is -3.21. The number of aryl methyl sites for hydroxylation is 2. The normalized spacial score (nSPS) is 10.4. The van der Waals surface area contributed by atoms with E-state index in [1.54, 1.807) is 0 Å². The highest BCUT2D eigenvalue weighted by Crippen LogP contribution is 2.25. The van der Waals surface area contributed by atoms with Crippen molar-refractivity contribution in [2.24, 2.45) is 0 Å². The second-order valence-electron chi connectivity index (χ2n) is 5.90. The van der Waals surface area contributed by atoms with E-state index in [-0.39, 0.29) is 5.91 Å². The zero-order valence-electron chi connectivity index (χ0n) is 15.0. The molecule has 2 N–H and O–H groups in total. The number of hydrogen-bond acceptors (Lipinski definition) is 4. The number of benzene rings is 2. The molecule has 3 rings (SSSR count). The summed E-state index contributed by atoms with van der Waals surface area (Å²) in [6, 6.07) is 15.6. The van der Waals surface area contributed by atoms with Gasteiger partial charge in [0.15, 0.2) is 0 Å². The van der Waals surface area contributed by atoms with E-state index in [0.717, 1.165) is 24.2 Å². The summed E-state index contributed by atoms with van der Waals surface area (Å²) in [5, 5.41) is 6.13. The lowest BCUT2D eigenvalue weighted by molar-refractivity contribution is 0.102. The highest BCUT2D eigenvalue weighted by atomic mass is 16.1. The molecule has 2 aromatic carbocycles. The molecule has 0 radical (unpaired) electrons. The summed E-state index contributed by atoms with van der Waals surface area (Å²) in [4.78, 5) is 20.9. The van der Waals surface area contributed by atoms with Crippen LogP contribution in [0, 0.1) is 0 Å². The lowest BCUT2D eigenvalue weighted by Gasteiger charge is -2.14. The van der Waals surface area contributed by atoms with Crippen molar-refractivity contribution in [3.8, 4) is 0 Å². The van der Waals surface area contributed by atoms with Crippen molar-refractivity contribution in [1.29, 1.82) is 0 Å². The second-order valence-corrected chi connectivity index (χ2v) is 5.90. The molecule has 0 saturated heterocycles. The molecule has 26 heavy (non-hydrogen) atoms. The van der Waals surface area contributed by atoms with Crippen LogP contribution in [-0.2, 0) is 12.8 Å². The molecule has 5 nitrogen and oxygen atoms in total. The van der Waals surface area contributed by atoms with Gasteiger partial charge in [-0.1, -0.05) is 50.2 Å². The van der Waals surface area contributed by atoms with Crippen LogP contribution in [0.1, 0.15) is 35.3 Å². The Morgan fingerprint density at radius 3 is 2.08 bits per heavy atom. The zero-order valence-corrected chi connectivity index (χ0v) is 15.0. The van der Waals surface area contributed by atoms with Crippen LogP contribution in [0.25, 0.3) is 0 Å². The van der Waals surface area contributed by atoms with Crippen LogP contribution in [0.4, 0.5) is 17.3 Å². The van der Waals surface area contributed by atoms with Gasteiger partial charge in [0.2, 0.25) is 5.95 Å². The van der Waals surface area contributed by atoms with E-state index >= 15 is 0 Å². The van der Waals surface area contributed by atoms with Gasteiger partial charge in [-0.2, -0.15) is 0 Å². The van der Waals surface area contributed by atoms with E-state index in [1.807, 2.05) is 30.3 Å². The van der Waals surface area contributed by atoms with Crippen molar-refractivity contribution in [3.05, 3.63) is 77.6 Å². The van der Waals surface area contributed by atoms with Crippen LogP contribution >= 0.6 is 0 Å². The minimum atomic E-state index is -0.231. The Labute approximate surface area is 153 Å². The van der Waals surface area contributed by atoms with Gasteiger partial charge in [0.05, 0.1) is 5.56 Å². The molecule has 0 atom stereocenters. The lowest BCUT2D eigenvalue weighted by atomic mass is 10.0. The summed E-state index contributed by atoms with van der Waals surface area (Å²) >= 11 is 0. The van der Waals surface area contributed by atoms with Gasteiger partial charge in [-0.25, -0.2) is 9.97 Å². The van der Waals surface area contributed by atoms with Crippen molar-refractivity contribution in [1.82, 2.24) is 9.97 Å². The number of hydrogen-bond donors (Lipinski definition) is 2. The number of nitrogens with zero attached hydrogens (tertiary/aromatic N) is 2. The number of carbonyl (C=O) groups excluding carboxylic acids is 1. The number of rotatable bonds is 6. The molecule has 0 bridgehead atoms. The second kappa shape index (κ2) is 8.25. The Morgan fingerprint density at radius 1 is 0.885 bits per heavy atom. The Balaban J connectivity index is 1.75. The van der Waals surface area contributed by atoms with Gasteiger partial charge in [-0.15, -0.1) is 0 Å². The largest absolute Gasteiger partial charge is 0.324 e. The van der Waals surface area contributed by atoms with Crippen LogP contribution in [0.3, 0.4) is 0 Å². The number of nitrogens with one attached hydrogen (secondary N) is 2. The van der Waals surface area contributed by atoms with Crippen LogP contribution < -0.4 is 10.6 Å². The standard InChI is InChI=1S/C21H22N4O/c1-3-15-9-8-10-16(4-2)19(15)25-21-22-13-17(14-23-21)20(26)24-18-11-6-5-7-12-18/h5-14H,3-4H2,1-2H3,(H,24,26)(H,22,23,25). The molecule has 0 aliphatic carbocycles. The minimum Gasteiger partial charge on any atom is -0.324 e. The summed E-state index contributed by atoms with van der Waals surface area (Å²) in [6.45, 7) is 4.25. The fourth-order valence-electron chi connectivity index (χ4n) is 2.75. The fraction of sp³-hybridized carbons (Fsp3) is 0.190. The number of anilines is 3. The Bertz CT molecular complexity index is 854. The topological polar surface area (TPSA) is 66.9 Å². The Morgan fingerprint density at radius 2 is 1.50 bits per heavy atom. The summed E-state index contributed by atoms with van der Waals surface area (Å²) < 4.78 is 0. The van der Waals surface area contributed by atoms with Crippen molar-refractivity contribution >= 4 is 23.2 Å². The molecule has 1 amide bonds. The maximum atomic E-state index is 12.3. The number of aromatic nitrogens is 2. The van der Waals surface area contributed by atoms with Gasteiger partial charge in [0.1, 0.15) is 0 Å². The third kappa shape index (κ3) is 4.06. The fourth-order valence-corrected chi connectivity index (χ4v) is 2.75. The molecule has 0 saturated carbocycles. The van der Waals surface area contributed by atoms with E-state index in [4.69, 9.17) is 0 Å². The van der Waals surface area contributed by atoms with E-state index in [0.29, 0.717) is 11.5 Å². The first-order valence-electron chi connectivity index (χ1n) is 8.77. The summed E-state index contributed by atoms with van der Waals surface area (Å²) in [5.41, 5.74) is 4.65. The smallest absolute Gasteiger partial charge is 0.258 e. The number of amides is 1. The number of para-hydroxylation sites is 2. The van der Waals surface area contributed by atoms with Crippen molar-refractivity contribution in [3.63, 3.8) is 0 Å². The van der Waals surface area contributed by atoms with Crippen molar-refractivity contribution < 1.29 is 4.79 Å². The van der Waals surface area contributed by atoms with Crippen LogP contribution in [0.2, 0.25) is 0 Å². The van der Waals surface area contributed by atoms with Crippen LogP contribution in [0.5, 0.6) is 0 Å². The van der Waals surface area contributed by atoms with E-state index < -0.39 is 0 Å². The highest BCUT2D eigenvalue weighted by molar-refractivity contribution is 6.03. The first kappa shape index (κ1) is 17.6. The monoisotopic (exact) mass is 346 g/mol. The van der Waals surface area contributed by atoms with E-state index in [1.165, 1.54) is 23.5 Å². The molecule has 0 unspecified atom stereocenters. The SMILES string of the molecule is CCc1cccc(CC)c1Nc1ncc(C(=O)Nc2ccccc2)cn1. The minimum absolute atomic E-state index is 0.231. The third-order valence-electron chi connectivity index (χ3n) is 4.18.